The van der Waals surface area contributed by atoms with Crippen LogP contribution in [0.2, 0.25) is 0 Å². The van der Waals surface area contributed by atoms with Crippen molar-refractivity contribution in [3.05, 3.63) is 59.3 Å². The average molecular weight is 436 g/mol. The summed E-state index contributed by atoms with van der Waals surface area (Å²) in [6.07, 6.45) is 4.30. The molecule has 3 atom stereocenters. The molecule has 0 spiro atoms. The molecule has 2 heterocycles. The highest BCUT2D eigenvalue weighted by Gasteiger charge is 2.28. The number of benzene rings is 1. The molecule has 32 heavy (non-hydrogen) atoms. The van der Waals surface area contributed by atoms with Crippen molar-refractivity contribution >= 4 is 23.2 Å². The standard InChI is InChI=1S/C24H29N5O3/c1-14(23(30)29-20-9-8-19-18(20)7-10-22(25)28-19)27-24(31)21-13-16(11-12-26-21)15-3-5-17(32-2)6-4-15/h3-7,10,13-14,20-21,26H,8-9,11-12H2,1-2H3,(H2,25,28)(H,27,31)(H,29,30)/t14-,20+,21+/m0/s1. The van der Waals surface area contributed by atoms with Crippen molar-refractivity contribution < 1.29 is 14.3 Å². The first kappa shape index (κ1) is 21.8. The summed E-state index contributed by atoms with van der Waals surface area (Å²) < 4.78 is 5.21. The molecule has 5 N–H and O–H groups in total. The van der Waals surface area contributed by atoms with Gasteiger partial charge >= 0.3 is 0 Å². The van der Waals surface area contributed by atoms with Crippen molar-refractivity contribution in [1.82, 2.24) is 20.9 Å². The van der Waals surface area contributed by atoms with Crippen LogP contribution in [0.3, 0.4) is 0 Å². The molecule has 1 aromatic carbocycles. The monoisotopic (exact) mass is 435 g/mol. The number of hydrogen-bond donors (Lipinski definition) is 4. The van der Waals surface area contributed by atoms with Gasteiger partial charge in [-0.25, -0.2) is 4.98 Å². The highest BCUT2D eigenvalue weighted by molar-refractivity contribution is 5.92. The Morgan fingerprint density at radius 2 is 1.97 bits per heavy atom. The summed E-state index contributed by atoms with van der Waals surface area (Å²) in [4.78, 5) is 29.9. The largest absolute Gasteiger partial charge is 0.497 e. The lowest BCUT2D eigenvalue weighted by molar-refractivity contribution is -0.129. The molecule has 0 bridgehead atoms. The first-order valence-electron chi connectivity index (χ1n) is 10.9. The molecule has 1 aliphatic heterocycles. The van der Waals surface area contributed by atoms with Crippen molar-refractivity contribution in [2.24, 2.45) is 0 Å². The van der Waals surface area contributed by atoms with Gasteiger partial charge in [-0.3, -0.25) is 9.59 Å². The molecule has 0 unspecified atom stereocenters. The van der Waals surface area contributed by atoms with E-state index < -0.39 is 12.1 Å². The summed E-state index contributed by atoms with van der Waals surface area (Å²) in [5.41, 5.74) is 9.82. The van der Waals surface area contributed by atoms with Crippen LogP contribution in [0, 0.1) is 0 Å². The maximum absolute atomic E-state index is 12.8. The Morgan fingerprint density at radius 3 is 2.72 bits per heavy atom. The molecule has 2 aliphatic rings. The number of pyridine rings is 1. The van der Waals surface area contributed by atoms with E-state index in [-0.39, 0.29) is 17.9 Å². The number of methoxy groups -OCH3 is 1. The lowest BCUT2D eigenvalue weighted by Crippen LogP contribution is -2.52. The van der Waals surface area contributed by atoms with Crippen LogP contribution in [0.1, 0.15) is 42.6 Å². The van der Waals surface area contributed by atoms with Gasteiger partial charge in [-0.2, -0.15) is 0 Å². The van der Waals surface area contributed by atoms with Crippen molar-refractivity contribution in [3.63, 3.8) is 0 Å². The van der Waals surface area contributed by atoms with Gasteiger partial charge in [-0.1, -0.05) is 24.3 Å². The van der Waals surface area contributed by atoms with Crippen LogP contribution in [0.4, 0.5) is 5.82 Å². The van der Waals surface area contributed by atoms with Gasteiger partial charge in [0.15, 0.2) is 0 Å². The van der Waals surface area contributed by atoms with E-state index in [0.717, 1.165) is 47.4 Å². The summed E-state index contributed by atoms with van der Waals surface area (Å²) in [6, 6.07) is 10.2. The number of carbonyl (C=O) groups excluding carboxylic acids is 2. The normalized spacial score (nSPS) is 20.6. The quantitative estimate of drug-likeness (QED) is 0.549. The summed E-state index contributed by atoms with van der Waals surface area (Å²) in [7, 11) is 1.63. The maximum Gasteiger partial charge on any atom is 0.242 e. The fourth-order valence-corrected chi connectivity index (χ4v) is 4.22. The summed E-state index contributed by atoms with van der Waals surface area (Å²) in [6.45, 7) is 2.38. The van der Waals surface area contributed by atoms with E-state index in [4.69, 9.17) is 10.5 Å². The van der Waals surface area contributed by atoms with Crippen LogP contribution < -0.4 is 26.4 Å². The Balaban J connectivity index is 1.36. The third-order valence-electron chi connectivity index (χ3n) is 6.01. The molecule has 4 rings (SSSR count). The maximum atomic E-state index is 12.8. The Bertz CT molecular complexity index is 1030. The van der Waals surface area contributed by atoms with Gasteiger partial charge in [0.2, 0.25) is 11.8 Å². The van der Waals surface area contributed by atoms with Crippen LogP contribution in [0.25, 0.3) is 5.57 Å². The molecule has 168 valence electrons. The highest BCUT2D eigenvalue weighted by atomic mass is 16.5. The predicted molar refractivity (Wildman–Crippen MR) is 123 cm³/mol. The van der Waals surface area contributed by atoms with Crippen LogP contribution in [0.5, 0.6) is 5.75 Å². The van der Waals surface area contributed by atoms with E-state index in [1.165, 1.54) is 0 Å². The molecule has 0 saturated carbocycles. The number of rotatable bonds is 6. The number of carbonyl (C=O) groups is 2. The Hall–Kier alpha value is -3.39. The second-order valence-electron chi connectivity index (χ2n) is 8.20. The molecular formula is C24H29N5O3. The van der Waals surface area contributed by atoms with E-state index in [9.17, 15) is 9.59 Å². The molecule has 1 aromatic heterocycles. The van der Waals surface area contributed by atoms with Crippen LogP contribution in [0.15, 0.2) is 42.5 Å². The summed E-state index contributed by atoms with van der Waals surface area (Å²) in [5.74, 6) is 0.836. The van der Waals surface area contributed by atoms with E-state index in [1.54, 1.807) is 20.1 Å². The van der Waals surface area contributed by atoms with Crippen LogP contribution >= 0.6 is 0 Å². The molecule has 0 fully saturated rings. The number of amides is 2. The van der Waals surface area contributed by atoms with Gasteiger partial charge in [0.05, 0.1) is 13.2 Å². The molecule has 8 heteroatoms. The fourth-order valence-electron chi connectivity index (χ4n) is 4.22. The number of nitrogens with two attached hydrogens (primary N) is 1. The number of nitrogens with one attached hydrogen (secondary N) is 3. The zero-order chi connectivity index (χ0) is 22.7. The van der Waals surface area contributed by atoms with E-state index >= 15 is 0 Å². The van der Waals surface area contributed by atoms with Crippen molar-refractivity contribution in [2.45, 2.75) is 44.3 Å². The molecular weight excluding hydrogens is 406 g/mol. The van der Waals surface area contributed by atoms with E-state index in [2.05, 4.69) is 20.9 Å². The number of ether oxygens (including phenoxy) is 1. The lowest BCUT2D eigenvalue weighted by atomic mass is 9.96. The minimum Gasteiger partial charge on any atom is -0.497 e. The molecule has 8 nitrogen and oxygen atoms in total. The molecule has 0 saturated heterocycles. The third-order valence-corrected chi connectivity index (χ3v) is 6.01. The van der Waals surface area contributed by atoms with Gasteiger partial charge in [0.25, 0.3) is 0 Å². The number of nitrogen functional groups attached to an aromatic ring is 1. The number of aromatic nitrogens is 1. The fraction of sp³-hybridized carbons (Fsp3) is 0.375. The third kappa shape index (κ3) is 4.75. The number of hydrogen-bond acceptors (Lipinski definition) is 6. The molecule has 2 amide bonds. The second kappa shape index (κ2) is 9.40. The summed E-state index contributed by atoms with van der Waals surface area (Å²) >= 11 is 0. The van der Waals surface area contributed by atoms with Crippen molar-refractivity contribution in [3.8, 4) is 5.75 Å². The van der Waals surface area contributed by atoms with Gasteiger partial charge in [-0.15, -0.1) is 0 Å². The number of anilines is 1. The molecule has 1 aliphatic carbocycles. The summed E-state index contributed by atoms with van der Waals surface area (Å²) in [5, 5.41) is 9.07. The van der Waals surface area contributed by atoms with Gasteiger partial charge in [-0.05, 0) is 61.1 Å². The van der Waals surface area contributed by atoms with Crippen molar-refractivity contribution in [2.75, 3.05) is 19.4 Å². The number of nitrogens with zero attached hydrogens (tertiary/aromatic N) is 1. The van der Waals surface area contributed by atoms with Gasteiger partial charge < -0.3 is 26.4 Å². The SMILES string of the molecule is COc1ccc(C2=C[C@H](C(=O)N[C@@H](C)C(=O)N[C@@H]3CCc4nc(N)ccc43)NCC2)cc1. The Morgan fingerprint density at radius 1 is 1.19 bits per heavy atom. The van der Waals surface area contributed by atoms with Gasteiger partial charge in [0.1, 0.15) is 23.7 Å². The topological polar surface area (TPSA) is 118 Å². The average Bonchev–Trinajstić information content (AvgIpc) is 3.20. The second-order valence-corrected chi connectivity index (χ2v) is 8.20. The number of aryl methyl sites for hydroxylation is 1. The minimum atomic E-state index is -0.658. The molecule has 2 aromatic rings. The Kier molecular flexibility index (Phi) is 6.41. The zero-order valence-electron chi connectivity index (χ0n) is 18.4. The minimum absolute atomic E-state index is 0.112. The smallest absolute Gasteiger partial charge is 0.242 e. The van der Waals surface area contributed by atoms with Crippen LogP contribution in [-0.4, -0.2) is 42.5 Å². The first-order chi connectivity index (χ1) is 15.4. The Labute approximate surface area is 187 Å². The van der Waals surface area contributed by atoms with Gasteiger partial charge in [0, 0.05) is 12.2 Å². The zero-order valence-corrected chi connectivity index (χ0v) is 18.4. The molecule has 0 radical (unpaired) electrons. The van der Waals surface area contributed by atoms with E-state index in [1.807, 2.05) is 36.4 Å². The van der Waals surface area contributed by atoms with Crippen molar-refractivity contribution in [1.29, 1.82) is 0 Å². The lowest BCUT2D eigenvalue weighted by Gasteiger charge is -2.25. The van der Waals surface area contributed by atoms with E-state index in [0.29, 0.717) is 12.4 Å². The number of fused-ring (bicyclic) bond motifs is 1. The first-order valence-corrected chi connectivity index (χ1v) is 10.9. The predicted octanol–water partition coefficient (Wildman–Crippen LogP) is 1.73. The van der Waals surface area contributed by atoms with Crippen LogP contribution in [-0.2, 0) is 16.0 Å². The highest BCUT2D eigenvalue weighted by Crippen LogP contribution is 2.30.